The highest BCUT2D eigenvalue weighted by Gasteiger charge is 2.31. The molecule has 0 aromatic rings. The van der Waals surface area contributed by atoms with Crippen LogP contribution in [0.1, 0.15) is 46.0 Å². The highest BCUT2D eigenvalue weighted by Crippen LogP contribution is 2.26. The number of carboxylic acids is 1. The topological polar surface area (TPSA) is 69.6 Å². The van der Waals surface area contributed by atoms with Crippen LogP contribution in [-0.4, -0.2) is 34.4 Å². The molecule has 0 amide bonds. The molecular formula is C12H23NO3. The first-order chi connectivity index (χ1) is 7.43. The average Bonchev–Trinajstić information content (AvgIpc) is 2.27. The standard InChI is InChI=1S/C12H23NO3/c1-9(10-6-4-3-5-7-10)13-8-12(2,16)11(14)15/h9-10,13,16H,3-8H2,1-2H3,(H,14,15)/t9-,12?/m0/s1. The summed E-state index contributed by atoms with van der Waals surface area (Å²) < 4.78 is 0. The molecule has 1 unspecified atom stereocenters. The molecule has 94 valence electrons. The SMILES string of the molecule is C[C@H](NCC(C)(O)C(=O)O)C1CCCCC1. The van der Waals surface area contributed by atoms with E-state index in [1.165, 1.54) is 39.0 Å². The van der Waals surface area contributed by atoms with Gasteiger partial charge in [0.05, 0.1) is 0 Å². The highest BCUT2D eigenvalue weighted by atomic mass is 16.4. The number of hydrogen-bond donors (Lipinski definition) is 3. The summed E-state index contributed by atoms with van der Waals surface area (Å²) in [5.74, 6) is -0.547. The van der Waals surface area contributed by atoms with Crippen LogP contribution in [0.3, 0.4) is 0 Å². The summed E-state index contributed by atoms with van der Waals surface area (Å²) in [7, 11) is 0. The Kier molecular flexibility index (Phi) is 4.74. The Hall–Kier alpha value is -0.610. The lowest BCUT2D eigenvalue weighted by Crippen LogP contribution is -2.48. The van der Waals surface area contributed by atoms with Crippen LogP contribution < -0.4 is 5.32 Å². The fourth-order valence-electron chi connectivity index (χ4n) is 2.24. The lowest BCUT2D eigenvalue weighted by atomic mass is 9.84. The molecule has 1 saturated carbocycles. The second-order valence-corrected chi connectivity index (χ2v) is 5.15. The van der Waals surface area contributed by atoms with Crippen LogP contribution in [0.2, 0.25) is 0 Å². The average molecular weight is 229 g/mol. The van der Waals surface area contributed by atoms with Gasteiger partial charge in [0.1, 0.15) is 0 Å². The van der Waals surface area contributed by atoms with Crippen molar-refractivity contribution in [2.75, 3.05) is 6.54 Å². The third kappa shape index (κ3) is 3.76. The maximum Gasteiger partial charge on any atom is 0.336 e. The van der Waals surface area contributed by atoms with Crippen LogP contribution in [0, 0.1) is 5.92 Å². The zero-order chi connectivity index (χ0) is 12.2. The predicted octanol–water partition coefficient (Wildman–Crippen LogP) is 1.38. The lowest BCUT2D eigenvalue weighted by molar-refractivity contribution is -0.156. The second kappa shape index (κ2) is 5.64. The van der Waals surface area contributed by atoms with Gasteiger partial charge in [-0.25, -0.2) is 4.79 Å². The quantitative estimate of drug-likeness (QED) is 0.666. The van der Waals surface area contributed by atoms with E-state index < -0.39 is 11.6 Å². The van der Waals surface area contributed by atoms with Crippen molar-refractivity contribution in [1.82, 2.24) is 5.32 Å². The Bertz CT molecular complexity index is 234. The predicted molar refractivity (Wildman–Crippen MR) is 62.3 cm³/mol. The minimum atomic E-state index is -1.66. The smallest absolute Gasteiger partial charge is 0.336 e. The number of aliphatic hydroxyl groups is 1. The van der Waals surface area contributed by atoms with Crippen molar-refractivity contribution in [3.63, 3.8) is 0 Å². The number of aliphatic carboxylic acids is 1. The fourth-order valence-corrected chi connectivity index (χ4v) is 2.24. The van der Waals surface area contributed by atoms with Crippen LogP contribution in [-0.2, 0) is 4.79 Å². The monoisotopic (exact) mass is 229 g/mol. The summed E-state index contributed by atoms with van der Waals surface area (Å²) in [5.41, 5.74) is -1.66. The first-order valence-corrected chi connectivity index (χ1v) is 6.12. The molecule has 16 heavy (non-hydrogen) atoms. The molecule has 0 aromatic carbocycles. The number of rotatable bonds is 5. The zero-order valence-electron chi connectivity index (χ0n) is 10.2. The maximum atomic E-state index is 10.7. The first-order valence-electron chi connectivity index (χ1n) is 6.12. The maximum absolute atomic E-state index is 10.7. The summed E-state index contributed by atoms with van der Waals surface area (Å²) in [5, 5.41) is 21.5. The van der Waals surface area contributed by atoms with Gasteiger partial charge in [0, 0.05) is 12.6 Å². The molecule has 4 nitrogen and oxygen atoms in total. The normalized spacial score (nSPS) is 23.7. The van der Waals surface area contributed by atoms with Crippen molar-refractivity contribution in [3.8, 4) is 0 Å². The minimum Gasteiger partial charge on any atom is -0.479 e. The largest absolute Gasteiger partial charge is 0.479 e. The Morgan fingerprint density at radius 2 is 2.00 bits per heavy atom. The van der Waals surface area contributed by atoms with Gasteiger partial charge in [-0.3, -0.25) is 0 Å². The Morgan fingerprint density at radius 3 is 2.50 bits per heavy atom. The van der Waals surface area contributed by atoms with Crippen LogP contribution in [0.4, 0.5) is 0 Å². The number of hydrogen-bond acceptors (Lipinski definition) is 3. The molecule has 0 bridgehead atoms. The number of nitrogens with one attached hydrogen (secondary N) is 1. The lowest BCUT2D eigenvalue weighted by Gasteiger charge is -2.30. The van der Waals surface area contributed by atoms with E-state index in [1.54, 1.807) is 0 Å². The van der Waals surface area contributed by atoms with Gasteiger partial charge in [-0.05, 0) is 32.6 Å². The van der Waals surface area contributed by atoms with Crippen LogP contribution in [0.15, 0.2) is 0 Å². The molecule has 1 rings (SSSR count). The Balaban J connectivity index is 2.33. The van der Waals surface area contributed by atoms with Gasteiger partial charge in [-0.1, -0.05) is 19.3 Å². The van der Waals surface area contributed by atoms with Crippen molar-refractivity contribution < 1.29 is 15.0 Å². The summed E-state index contributed by atoms with van der Waals surface area (Å²) in [6.07, 6.45) is 6.28. The van der Waals surface area contributed by atoms with E-state index in [2.05, 4.69) is 12.2 Å². The number of carbonyl (C=O) groups is 1. The van der Waals surface area contributed by atoms with Crippen LogP contribution in [0.25, 0.3) is 0 Å². The summed E-state index contributed by atoms with van der Waals surface area (Å²) in [6, 6.07) is 0.283. The summed E-state index contributed by atoms with van der Waals surface area (Å²) in [6.45, 7) is 3.52. The Labute approximate surface area is 97.0 Å². The van der Waals surface area contributed by atoms with E-state index in [4.69, 9.17) is 5.11 Å². The van der Waals surface area contributed by atoms with E-state index in [9.17, 15) is 9.90 Å². The van der Waals surface area contributed by atoms with Crippen molar-refractivity contribution in [2.24, 2.45) is 5.92 Å². The van der Waals surface area contributed by atoms with Crippen molar-refractivity contribution >= 4 is 5.97 Å². The molecule has 4 heteroatoms. The Morgan fingerprint density at radius 1 is 1.44 bits per heavy atom. The molecular weight excluding hydrogens is 206 g/mol. The number of carboxylic acid groups (broad SMARTS) is 1. The second-order valence-electron chi connectivity index (χ2n) is 5.15. The van der Waals surface area contributed by atoms with E-state index in [0.29, 0.717) is 5.92 Å². The van der Waals surface area contributed by atoms with Gasteiger partial charge in [-0.2, -0.15) is 0 Å². The molecule has 0 radical (unpaired) electrons. The van der Waals surface area contributed by atoms with Gasteiger partial charge in [0.15, 0.2) is 5.60 Å². The van der Waals surface area contributed by atoms with Gasteiger partial charge in [-0.15, -0.1) is 0 Å². The summed E-state index contributed by atoms with van der Waals surface area (Å²) >= 11 is 0. The zero-order valence-corrected chi connectivity index (χ0v) is 10.2. The molecule has 1 aliphatic rings. The molecule has 0 spiro atoms. The first kappa shape index (κ1) is 13.5. The van der Waals surface area contributed by atoms with Gasteiger partial charge >= 0.3 is 5.97 Å². The van der Waals surface area contributed by atoms with Crippen molar-refractivity contribution in [3.05, 3.63) is 0 Å². The van der Waals surface area contributed by atoms with Gasteiger partial charge < -0.3 is 15.5 Å². The fraction of sp³-hybridized carbons (Fsp3) is 0.917. The third-order valence-electron chi connectivity index (χ3n) is 3.59. The molecule has 1 fully saturated rings. The van der Waals surface area contributed by atoms with Gasteiger partial charge in [0.25, 0.3) is 0 Å². The third-order valence-corrected chi connectivity index (χ3v) is 3.59. The van der Waals surface area contributed by atoms with Crippen LogP contribution in [0.5, 0.6) is 0 Å². The summed E-state index contributed by atoms with van der Waals surface area (Å²) in [4.78, 5) is 10.7. The van der Waals surface area contributed by atoms with E-state index in [-0.39, 0.29) is 12.6 Å². The molecule has 2 atom stereocenters. The minimum absolute atomic E-state index is 0.111. The molecule has 0 saturated heterocycles. The highest BCUT2D eigenvalue weighted by molar-refractivity contribution is 5.76. The molecule has 0 heterocycles. The van der Waals surface area contributed by atoms with Crippen LogP contribution >= 0.6 is 0 Å². The van der Waals surface area contributed by atoms with Crippen molar-refractivity contribution in [2.45, 2.75) is 57.6 Å². The van der Waals surface area contributed by atoms with E-state index in [1.807, 2.05) is 0 Å². The molecule has 0 aliphatic heterocycles. The molecule has 3 N–H and O–H groups in total. The van der Waals surface area contributed by atoms with E-state index >= 15 is 0 Å². The van der Waals surface area contributed by atoms with Crippen molar-refractivity contribution in [1.29, 1.82) is 0 Å². The molecule has 0 aromatic heterocycles. The van der Waals surface area contributed by atoms with Gasteiger partial charge in [0.2, 0.25) is 0 Å². The van der Waals surface area contributed by atoms with E-state index in [0.717, 1.165) is 0 Å². The molecule has 1 aliphatic carbocycles.